The van der Waals surface area contributed by atoms with E-state index in [1.54, 1.807) is 0 Å². The van der Waals surface area contributed by atoms with Crippen LogP contribution in [0.3, 0.4) is 0 Å². The van der Waals surface area contributed by atoms with Crippen LogP contribution in [0.1, 0.15) is 0 Å². The summed E-state index contributed by atoms with van der Waals surface area (Å²) >= 11 is 0. The second-order valence-corrected chi connectivity index (χ2v) is 2.79. The molecule has 7 heteroatoms. The van der Waals surface area contributed by atoms with Crippen molar-refractivity contribution in [1.82, 2.24) is 19.5 Å². The smallest absolute Gasteiger partial charge is 0.301 e. The number of aromatic amines is 2. The fraction of sp³-hybridized carbons (Fsp3) is 0.143. The maximum Gasteiger partial charge on any atom is 0.326 e. The number of hydrogen-bond donors (Lipinski definition) is 2. The van der Waals surface area contributed by atoms with E-state index in [1.807, 2.05) is 4.98 Å². The minimum absolute atomic E-state index is 0.0623. The molecule has 2 aromatic rings. The van der Waals surface area contributed by atoms with Gasteiger partial charge in [-0.05, 0) is 0 Å². The average Bonchev–Trinajstić information content (AvgIpc) is 2.12. The van der Waals surface area contributed by atoms with Gasteiger partial charge in [0, 0.05) is 7.05 Å². The highest BCUT2D eigenvalue weighted by Crippen LogP contribution is 1.90. The molecule has 14 heavy (non-hydrogen) atoms. The SMILES string of the molecule is Cn1cnc2c(=O)[nH]c(=O)[nH]c2c1=O. The average molecular weight is 194 g/mol. The highest BCUT2D eigenvalue weighted by Gasteiger charge is 2.05. The van der Waals surface area contributed by atoms with Crippen LogP contribution < -0.4 is 16.8 Å². The third-order valence-corrected chi connectivity index (χ3v) is 1.81. The maximum absolute atomic E-state index is 11.4. The van der Waals surface area contributed by atoms with E-state index in [9.17, 15) is 14.4 Å². The van der Waals surface area contributed by atoms with Crippen molar-refractivity contribution in [3.8, 4) is 0 Å². The topological polar surface area (TPSA) is 101 Å². The Balaban J connectivity index is 3.19. The van der Waals surface area contributed by atoms with Gasteiger partial charge in [0.15, 0.2) is 5.52 Å². The third-order valence-electron chi connectivity index (χ3n) is 1.81. The van der Waals surface area contributed by atoms with Crippen molar-refractivity contribution in [2.45, 2.75) is 0 Å². The summed E-state index contributed by atoms with van der Waals surface area (Å²) in [6.07, 6.45) is 1.22. The number of fused-ring (bicyclic) bond motifs is 1. The van der Waals surface area contributed by atoms with Crippen molar-refractivity contribution in [1.29, 1.82) is 0 Å². The van der Waals surface area contributed by atoms with Crippen molar-refractivity contribution in [3.63, 3.8) is 0 Å². The molecule has 0 spiro atoms. The lowest BCUT2D eigenvalue weighted by Crippen LogP contribution is -2.29. The number of H-pyrrole nitrogens is 2. The minimum atomic E-state index is -0.715. The van der Waals surface area contributed by atoms with Crippen LogP contribution in [0.25, 0.3) is 11.0 Å². The normalized spacial score (nSPS) is 10.6. The first-order valence-corrected chi connectivity index (χ1v) is 3.77. The lowest BCUT2D eigenvalue weighted by molar-refractivity contribution is 0.832. The zero-order valence-electron chi connectivity index (χ0n) is 7.20. The summed E-state index contributed by atoms with van der Waals surface area (Å²) < 4.78 is 1.18. The van der Waals surface area contributed by atoms with Gasteiger partial charge < -0.3 is 9.55 Å². The molecule has 0 aliphatic carbocycles. The number of rotatable bonds is 0. The molecule has 0 atom stereocenters. The predicted octanol–water partition coefficient (Wildman–Crippen LogP) is -1.69. The van der Waals surface area contributed by atoms with Crippen LogP contribution >= 0.6 is 0 Å². The zero-order valence-corrected chi connectivity index (χ0v) is 7.20. The molecule has 7 nitrogen and oxygen atoms in total. The summed E-state index contributed by atoms with van der Waals surface area (Å²) in [5.41, 5.74) is -1.98. The van der Waals surface area contributed by atoms with Gasteiger partial charge >= 0.3 is 5.69 Å². The molecule has 0 saturated carbocycles. The van der Waals surface area contributed by atoms with Gasteiger partial charge in [-0.1, -0.05) is 0 Å². The van der Waals surface area contributed by atoms with E-state index in [0.29, 0.717) is 0 Å². The quantitative estimate of drug-likeness (QED) is 0.522. The predicted molar refractivity (Wildman–Crippen MR) is 48.2 cm³/mol. The molecule has 0 amide bonds. The molecule has 72 valence electrons. The minimum Gasteiger partial charge on any atom is -0.301 e. The van der Waals surface area contributed by atoms with Gasteiger partial charge in [-0.25, -0.2) is 9.78 Å². The molecular formula is C7H6N4O3. The van der Waals surface area contributed by atoms with E-state index < -0.39 is 16.8 Å². The monoisotopic (exact) mass is 194 g/mol. The van der Waals surface area contributed by atoms with Gasteiger partial charge in [-0.15, -0.1) is 0 Å². The second-order valence-electron chi connectivity index (χ2n) is 2.79. The van der Waals surface area contributed by atoms with E-state index in [4.69, 9.17) is 0 Å². The molecule has 0 unspecified atom stereocenters. The summed E-state index contributed by atoms with van der Waals surface area (Å²) in [6, 6.07) is 0. The van der Waals surface area contributed by atoms with Crippen LogP contribution in [0.5, 0.6) is 0 Å². The van der Waals surface area contributed by atoms with Crippen molar-refractivity contribution in [3.05, 3.63) is 37.5 Å². The molecule has 0 bridgehead atoms. The Morgan fingerprint density at radius 3 is 2.71 bits per heavy atom. The first-order valence-electron chi connectivity index (χ1n) is 3.77. The van der Waals surface area contributed by atoms with Gasteiger partial charge in [0.25, 0.3) is 11.1 Å². The largest absolute Gasteiger partial charge is 0.326 e. The highest BCUT2D eigenvalue weighted by atomic mass is 16.2. The molecule has 2 rings (SSSR count). The second kappa shape index (κ2) is 2.66. The summed E-state index contributed by atoms with van der Waals surface area (Å²) in [5.74, 6) is 0. The molecule has 2 aromatic heterocycles. The van der Waals surface area contributed by atoms with Crippen LogP contribution in [0, 0.1) is 0 Å². The van der Waals surface area contributed by atoms with Gasteiger partial charge in [0.2, 0.25) is 0 Å². The number of aryl methyl sites for hydroxylation is 1. The Labute approximate surface area is 76.1 Å². The van der Waals surface area contributed by atoms with Crippen molar-refractivity contribution < 1.29 is 0 Å². The Hall–Kier alpha value is -2.18. The van der Waals surface area contributed by atoms with Gasteiger partial charge in [0.05, 0.1) is 6.33 Å². The summed E-state index contributed by atoms with van der Waals surface area (Å²) in [4.78, 5) is 41.4. The zero-order chi connectivity index (χ0) is 10.3. The van der Waals surface area contributed by atoms with E-state index in [-0.39, 0.29) is 11.0 Å². The van der Waals surface area contributed by atoms with Crippen molar-refractivity contribution in [2.24, 2.45) is 7.05 Å². The molecule has 0 aliphatic heterocycles. The third kappa shape index (κ3) is 1.06. The highest BCUT2D eigenvalue weighted by molar-refractivity contribution is 5.70. The fourth-order valence-electron chi connectivity index (χ4n) is 1.13. The van der Waals surface area contributed by atoms with Crippen LogP contribution in [0.15, 0.2) is 20.7 Å². The Bertz CT molecular complexity index is 663. The molecule has 0 aliphatic rings. The van der Waals surface area contributed by atoms with Crippen molar-refractivity contribution in [2.75, 3.05) is 0 Å². The molecule has 2 heterocycles. The standard InChI is InChI=1S/C7H6N4O3/c1-11-2-8-3-4(6(11)13)9-7(14)10-5(3)12/h2H,1H3,(H2,9,10,12,14). The lowest BCUT2D eigenvalue weighted by atomic mass is 10.4. The van der Waals surface area contributed by atoms with E-state index >= 15 is 0 Å². The van der Waals surface area contributed by atoms with E-state index in [2.05, 4.69) is 9.97 Å². The fourth-order valence-corrected chi connectivity index (χ4v) is 1.13. The van der Waals surface area contributed by atoms with Crippen LogP contribution in [-0.2, 0) is 7.05 Å². The molecule has 0 saturated heterocycles. The van der Waals surface area contributed by atoms with Gasteiger partial charge in [-0.2, -0.15) is 0 Å². The Kier molecular flexibility index (Phi) is 1.60. The van der Waals surface area contributed by atoms with Crippen LogP contribution in [0.2, 0.25) is 0 Å². The number of nitrogens with zero attached hydrogens (tertiary/aromatic N) is 2. The summed E-state index contributed by atoms with van der Waals surface area (Å²) in [6.45, 7) is 0. The first kappa shape index (κ1) is 8.42. The van der Waals surface area contributed by atoms with Crippen LogP contribution in [-0.4, -0.2) is 19.5 Å². The molecule has 0 radical (unpaired) electrons. The van der Waals surface area contributed by atoms with Crippen LogP contribution in [0.4, 0.5) is 0 Å². The maximum atomic E-state index is 11.4. The first-order chi connectivity index (χ1) is 6.59. The number of hydrogen-bond acceptors (Lipinski definition) is 4. The number of aromatic nitrogens is 4. The van der Waals surface area contributed by atoms with Crippen molar-refractivity contribution >= 4 is 11.0 Å². The van der Waals surface area contributed by atoms with Gasteiger partial charge in [0.1, 0.15) is 5.52 Å². The summed E-state index contributed by atoms with van der Waals surface area (Å²) in [5, 5.41) is 0. The Morgan fingerprint density at radius 2 is 2.00 bits per heavy atom. The van der Waals surface area contributed by atoms with E-state index in [1.165, 1.54) is 17.9 Å². The molecule has 2 N–H and O–H groups in total. The lowest BCUT2D eigenvalue weighted by Gasteiger charge is -1.97. The Morgan fingerprint density at radius 1 is 1.29 bits per heavy atom. The molecule has 0 fully saturated rings. The van der Waals surface area contributed by atoms with Gasteiger partial charge in [-0.3, -0.25) is 14.6 Å². The summed E-state index contributed by atoms with van der Waals surface area (Å²) in [7, 11) is 1.48. The molecule has 0 aromatic carbocycles. The molecular weight excluding hydrogens is 188 g/mol. The van der Waals surface area contributed by atoms with E-state index in [0.717, 1.165) is 0 Å². The number of nitrogens with one attached hydrogen (secondary N) is 2.